The van der Waals surface area contributed by atoms with Crippen molar-refractivity contribution >= 4 is 5.91 Å². The van der Waals surface area contributed by atoms with Crippen LogP contribution in [0.25, 0.3) is 0 Å². The number of hydrogen-bond donors (Lipinski definition) is 0. The smallest absolute Gasteiger partial charge is 0.219 e. The van der Waals surface area contributed by atoms with Gasteiger partial charge in [0.2, 0.25) is 5.91 Å². The van der Waals surface area contributed by atoms with Crippen LogP contribution in [0.3, 0.4) is 0 Å². The summed E-state index contributed by atoms with van der Waals surface area (Å²) in [5.74, 6) is 1.93. The van der Waals surface area contributed by atoms with Gasteiger partial charge in [-0.15, -0.1) is 0 Å². The molecule has 4 heteroatoms. The maximum absolute atomic E-state index is 12.4. The lowest BCUT2D eigenvalue weighted by Crippen LogP contribution is -2.39. The number of rotatable bonds is 9. The van der Waals surface area contributed by atoms with E-state index in [-0.39, 0.29) is 11.5 Å². The van der Waals surface area contributed by atoms with Gasteiger partial charge < -0.3 is 14.4 Å². The Hall–Kier alpha value is -2.33. The van der Waals surface area contributed by atoms with Gasteiger partial charge >= 0.3 is 0 Å². The van der Waals surface area contributed by atoms with Crippen LogP contribution in [0.5, 0.6) is 5.75 Å². The van der Waals surface area contributed by atoms with Gasteiger partial charge in [-0.25, -0.2) is 0 Å². The fourth-order valence-electron chi connectivity index (χ4n) is 4.73. The van der Waals surface area contributed by atoms with Crippen LogP contribution in [-0.4, -0.2) is 36.7 Å². The van der Waals surface area contributed by atoms with Gasteiger partial charge in [0.15, 0.2) is 0 Å². The van der Waals surface area contributed by atoms with Crippen LogP contribution in [0.15, 0.2) is 54.6 Å². The van der Waals surface area contributed by atoms with Gasteiger partial charge in [0.25, 0.3) is 0 Å². The van der Waals surface area contributed by atoms with Crippen molar-refractivity contribution in [2.75, 3.05) is 20.3 Å². The number of ether oxygens (including phenoxy) is 2. The molecule has 1 amide bonds. The van der Waals surface area contributed by atoms with Crippen LogP contribution in [0.4, 0.5) is 0 Å². The van der Waals surface area contributed by atoms with E-state index in [1.54, 1.807) is 14.0 Å². The quantitative estimate of drug-likeness (QED) is 0.511. The molecule has 0 aromatic heterocycles. The van der Waals surface area contributed by atoms with Gasteiger partial charge in [0.05, 0.1) is 12.7 Å². The van der Waals surface area contributed by atoms with Crippen LogP contribution in [0, 0.1) is 5.92 Å². The van der Waals surface area contributed by atoms with Crippen molar-refractivity contribution in [3.05, 3.63) is 65.7 Å². The lowest BCUT2D eigenvalue weighted by atomic mass is 9.74. The van der Waals surface area contributed by atoms with Crippen LogP contribution < -0.4 is 4.74 Å². The number of carbonyl (C=O) groups excluding carboxylic acids is 1. The maximum Gasteiger partial charge on any atom is 0.219 e. The number of hydrogen-bond acceptors (Lipinski definition) is 3. The molecule has 1 aliphatic heterocycles. The van der Waals surface area contributed by atoms with Gasteiger partial charge in [0.1, 0.15) is 5.75 Å². The summed E-state index contributed by atoms with van der Waals surface area (Å²) in [7, 11) is 1.70. The number of nitrogens with zero attached hydrogens (tertiary/aromatic N) is 1. The lowest BCUT2D eigenvalue weighted by Gasteiger charge is -2.41. The molecule has 168 valence electrons. The first-order chi connectivity index (χ1) is 14.9. The zero-order valence-electron chi connectivity index (χ0n) is 19.5. The Balaban J connectivity index is 1.78. The van der Waals surface area contributed by atoms with Crippen molar-refractivity contribution < 1.29 is 14.3 Å². The molecule has 0 aliphatic carbocycles. The van der Waals surface area contributed by atoms with Crippen LogP contribution >= 0.6 is 0 Å². The molecular weight excluding hydrogens is 386 g/mol. The van der Waals surface area contributed by atoms with Crippen LogP contribution in [-0.2, 0) is 16.1 Å². The normalized spacial score (nSPS) is 22.0. The fraction of sp³-hybridized carbons (Fsp3) is 0.519. The third-order valence-electron chi connectivity index (χ3n) is 6.87. The monoisotopic (exact) mass is 423 g/mol. The van der Waals surface area contributed by atoms with Gasteiger partial charge in [0, 0.05) is 26.6 Å². The van der Waals surface area contributed by atoms with E-state index in [0.29, 0.717) is 18.4 Å². The Kier molecular flexibility index (Phi) is 8.14. The number of benzene rings is 2. The molecule has 3 unspecified atom stereocenters. The minimum atomic E-state index is -0.0576. The molecule has 3 atom stereocenters. The molecule has 0 N–H and O–H groups in total. The highest BCUT2D eigenvalue weighted by Gasteiger charge is 2.36. The summed E-state index contributed by atoms with van der Waals surface area (Å²) < 4.78 is 11.5. The summed E-state index contributed by atoms with van der Waals surface area (Å²) in [6, 6.07) is 18.7. The molecule has 0 radical (unpaired) electrons. The third kappa shape index (κ3) is 6.33. The molecule has 1 saturated heterocycles. The highest BCUT2D eigenvalue weighted by atomic mass is 16.5. The van der Waals surface area contributed by atoms with E-state index in [4.69, 9.17) is 9.47 Å². The Morgan fingerprint density at radius 2 is 1.90 bits per heavy atom. The molecule has 1 heterocycles. The van der Waals surface area contributed by atoms with Gasteiger partial charge in [-0.3, -0.25) is 4.79 Å². The minimum absolute atomic E-state index is 0.0576. The first kappa shape index (κ1) is 23.3. The molecule has 3 rings (SSSR count). The van der Waals surface area contributed by atoms with Crippen molar-refractivity contribution in [3.63, 3.8) is 0 Å². The van der Waals surface area contributed by atoms with E-state index < -0.39 is 0 Å². The van der Waals surface area contributed by atoms with Gasteiger partial charge in [-0.1, -0.05) is 49.4 Å². The van der Waals surface area contributed by atoms with Crippen molar-refractivity contribution in [1.29, 1.82) is 0 Å². The predicted octanol–water partition coefficient (Wildman–Crippen LogP) is 5.81. The summed E-state index contributed by atoms with van der Waals surface area (Å²) in [5, 5.41) is 0. The van der Waals surface area contributed by atoms with E-state index in [0.717, 1.165) is 44.6 Å². The lowest BCUT2D eigenvalue weighted by molar-refractivity contribution is -0.129. The second-order valence-corrected chi connectivity index (χ2v) is 9.00. The van der Waals surface area contributed by atoms with E-state index >= 15 is 0 Å². The fourth-order valence-corrected chi connectivity index (χ4v) is 4.73. The first-order valence-corrected chi connectivity index (χ1v) is 11.5. The summed E-state index contributed by atoms with van der Waals surface area (Å²) in [6.45, 7) is 8.34. The average Bonchev–Trinajstić information content (AvgIpc) is 2.79. The Morgan fingerprint density at radius 1 is 1.19 bits per heavy atom. The molecule has 31 heavy (non-hydrogen) atoms. The third-order valence-corrected chi connectivity index (χ3v) is 6.87. The Morgan fingerprint density at radius 3 is 2.52 bits per heavy atom. The maximum atomic E-state index is 12.4. The molecule has 1 aliphatic rings. The molecule has 0 spiro atoms. The molecular formula is C27H37NO3. The zero-order chi connectivity index (χ0) is 22.3. The molecule has 4 nitrogen and oxygen atoms in total. The molecule has 0 saturated carbocycles. The van der Waals surface area contributed by atoms with E-state index in [9.17, 15) is 4.79 Å². The topological polar surface area (TPSA) is 38.8 Å². The molecule has 0 bridgehead atoms. The Labute approximate surface area is 187 Å². The van der Waals surface area contributed by atoms with Crippen molar-refractivity contribution in [3.8, 4) is 5.75 Å². The van der Waals surface area contributed by atoms with E-state index in [1.807, 2.05) is 35.2 Å². The molecule has 2 aromatic rings. The van der Waals surface area contributed by atoms with E-state index in [1.165, 1.54) is 11.1 Å². The zero-order valence-corrected chi connectivity index (χ0v) is 19.5. The predicted molar refractivity (Wildman–Crippen MR) is 125 cm³/mol. The van der Waals surface area contributed by atoms with Crippen LogP contribution in [0.1, 0.15) is 63.5 Å². The SMILES string of the molecule is CCC1(C)CC(C(CCN(Cc2ccccc2)C(C)=O)c2ccc(OC)cc2)CCO1. The summed E-state index contributed by atoms with van der Waals surface area (Å²) in [5.41, 5.74) is 2.44. The average molecular weight is 424 g/mol. The summed E-state index contributed by atoms with van der Waals surface area (Å²) in [4.78, 5) is 14.4. The number of amides is 1. The first-order valence-electron chi connectivity index (χ1n) is 11.5. The van der Waals surface area contributed by atoms with Gasteiger partial charge in [-0.2, -0.15) is 0 Å². The van der Waals surface area contributed by atoms with E-state index in [2.05, 4.69) is 38.1 Å². The van der Waals surface area contributed by atoms with Crippen molar-refractivity contribution in [1.82, 2.24) is 4.90 Å². The second-order valence-electron chi connectivity index (χ2n) is 9.00. The standard InChI is InChI=1S/C27H37NO3/c1-5-27(3)19-24(16-18-31-27)26(23-11-13-25(30-4)14-12-23)15-17-28(21(2)29)20-22-9-7-6-8-10-22/h6-14,24,26H,5,15-20H2,1-4H3. The molecule has 2 aromatic carbocycles. The second kappa shape index (κ2) is 10.8. The highest BCUT2D eigenvalue weighted by molar-refractivity contribution is 5.73. The highest BCUT2D eigenvalue weighted by Crippen LogP contribution is 2.41. The van der Waals surface area contributed by atoms with Gasteiger partial charge in [-0.05, 0) is 67.7 Å². The Bertz CT molecular complexity index is 820. The minimum Gasteiger partial charge on any atom is -0.497 e. The largest absolute Gasteiger partial charge is 0.497 e. The number of methoxy groups -OCH3 is 1. The number of carbonyl (C=O) groups is 1. The summed E-state index contributed by atoms with van der Waals surface area (Å²) in [6.07, 6.45) is 4.08. The van der Waals surface area contributed by atoms with Crippen molar-refractivity contribution in [2.24, 2.45) is 5.92 Å². The molecule has 1 fully saturated rings. The van der Waals surface area contributed by atoms with Crippen molar-refractivity contribution in [2.45, 2.75) is 64.5 Å². The van der Waals surface area contributed by atoms with Crippen LogP contribution in [0.2, 0.25) is 0 Å². The summed E-state index contributed by atoms with van der Waals surface area (Å²) >= 11 is 0.